The first-order chi connectivity index (χ1) is 10.2. The molecule has 1 saturated heterocycles. The van der Waals surface area contributed by atoms with Gasteiger partial charge in [0.1, 0.15) is 5.54 Å². The van der Waals surface area contributed by atoms with Crippen LogP contribution in [0.5, 0.6) is 0 Å². The Morgan fingerprint density at radius 3 is 3.14 bits per heavy atom. The van der Waals surface area contributed by atoms with Gasteiger partial charge in [0.05, 0.1) is 12.3 Å². The van der Waals surface area contributed by atoms with Gasteiger partial charge in [-0.15, -0.1) is 0 Å². The maximum atomic E-state index is 11.9. The molecule has 0 aromatic carbocycles. The van der Waals surface area contributed by atoms with Gasteiger partial charge in [-0.05, 0) is 25.5 Å². The van der Waals surface area contributed by atoms with Crippen molar-refractivity contribution >= 4 is 11.7 Å². The Hall–Kier alpha value is -1.99. The quantitative estimate of drug-likeness (QED) is 0.849. The first kappa shape index (κ1) is 14.0. The lowest BCUT2D eigenvalue weighted by atomic mass is 9.96. The summed E-state index contributed by atoms with van der Waals surface area (Å²) in [6.45, 7) is 1.69. The molecular formula is C14H19N5O2. The molecule has 7 heteroatoms. The zero-order valence-corrected chi connectivity index (χ0v) is 12.0. The number of hydrogen-bond acceptors (Lipinski definition) is 5. The highest BCUT2D eigenvalue weighted by Crippen LogP contribution is 2.31. The molecular weight excluding hydrogens is 270 g/mol. The van der Waals surface area contributed by atoms with Crippen LogP contribution in [-0.4, -0.2) is 51.0 Å². The number of nitrogens with two attached hydrogens (primary N) is 1. The predicted molar refractivity (Wildman–Crippen MR) is 76.4 cm³/mol. The van der Waals surface area contributed by atoms with Crippen LogP contribution in [0, 0.1) is 0 Å². The first-order valence-corrected chi connectivity index (χ1v) is 6.98. The van der Waals surface area contributed by atoms with E-state index in [2.05, 4.69) is 14.9 Å². The molecule has 1 unspecified atom stereocenters. The number of carbonyl (C=O) groups is 1. The molecule has 0 bridgehead atoms. The number of amides is 1. The summed E-state index contributed by atoms with van der Waals surface area (Å²) in [6, 6.07) is 1.85. The summed E-state index contributed by atoms with van der Waals surface area (Å²) in [7, 11) is 1.59. The van der Waals surface area contributed by atoms with E-state index >= 15 is 0 Å². The van der Waals surface area contributed by atoms with E-state index in [0.717, 1.165) is 25.1 Å². The highest BCUT2D eigenvalue weighted by atomic mass is 16.5. The van der Waals surface area contributed by atoms with Gasteiger partial charge in [0, 0.05) is 32.2 Å². The van der Waals surface area contributed by atoms with Gasteiger partial charge in [-0.1, -0.05) is 0 Å². The Morgan fingerprint density at radius 2 is 2.43 bits per heavy atom. The summed E-state index contributed by atoms with van der Waals surface area (Å²) in [5, 5.41) is 0. The van der Waals surface area contributed by atoms with Crippen LogP contribution < -0.4 is 5.73 Å². The molecule has 0 spiro atoms. The van der Waals surface area contributed by atoms with E-state index in [-0.39, 0.29) is 5.91 Å². The lowest BCUT2D eigenvalue weighted by Gasteiger charge is -2.34. The van der Waals surface area contributed by atoms with Crippen molar-refractivity contribution in [1.29, 1.82) is 0 Å². The Balaban J connectivity index is 1.86. The number of ether oxygens (including phenoxy) is 1. The second-order valence-electron chi connectivity index (χ2n) is 5.41. The van der Waals surface area contributed by atoms with Gasteiger partial charge in [-0.3, -0.25) is 14.1 Å². The number of fused-ring (bicyclic) bond motifs is 1. The number of hydrogen-bond donors (Lipinski definition) is 1. The van der Waals surface area contributed by atoms with Crippen molar-refractivity contribution in [1.82, 2.24) is 19.3 Å². The smallest absolute Gasteiger partial charge is 0.240 e. The molecule has 2 aromatic heterocycles. The summed E-state index contributed by atoms with van der Waals surface area (Å²) in [4.78, 5) is 22.7. The highest BCUT2D eigenvalue weighted by molar-refractivity contribution is 5.85. The number of methoxy groups -OCH3 is 1. The third-order valence-corrected chi connectivity index (χ3v) is 4.10. The number of rotatable bonds is 5. The second kappa shape index (κ2) is 5.42. The lowest BCUT2D eigenvalue weighted by molar-refractivity contribution is -0.132. The average Bonchev–Trinajstić information content (AvgIpc) is 3.04. The van der Waals surface area contributed by atoms with Crippen molar-refractivity contribution in [2.75, 3.05) is 20.3 Å². The van der Waals surface area contributed by atoms with E-state index in [1.54, 1.807) is 13.3 Å². The van der Waals surface area contributed by atoms with Crippen molar-refractivity contribution in [2.24, 2.45) is 5.73 Å². The fourth-order valence-electron chi connectivity index (χ4n) is 3.07. The Bertz CT molecular complexity index is 623. The molecule has 1 atom stereocenters. The molecule has 3 rings (SSSR count). The molecule has 3 heterocycles. The lowest BCUT2D eigenvalue weighted by Crippen LogP contribution is -2.56. The Morgan fingerprint density at radius 1 is 1.57 bits per heavy atom. The van der Waals surface area contributed by atoms with E-state index in [4.69, 9.17) is 10.5 Å². The van der Waals surface area contributed by atoms with Gasteiger partial charge in [-0.25, -0.2) is 9.97 Å². The molecule has 7 nitrogen and oxygen atoms in total. The van der Waals surface area contributed by atoms with Crippen LogP contribution in [-0.2, 0) is 16.1 Å². The molecule has 2 N–H and O–H groups in total. The maximum absolute atomic E-state index is 11.9. The third kappa shape index (κ3) is 2.38. The van der Waals surface area contributed by atoms with Crippen LogP contribution in [0.4, 0.5) is 0 Å². The fourth-order valence-corrected chi connectivity index (χ4v) is 3.07. The standard InChI is InChI=1S/C14H19N5O2/c1-21-10-14(12(15)20)4-2-7-19(14)9-11-8-18-6-3-5-16-13(18)17-11/h3,5-6,8H,2,4,7,9-10H2,1H3,(H2,15,20). The zero-order valence-electron chi connectivity index (χ0n) is 12.0. The van der Waals surface area contributed by atoms with Crippen LogP contribution in [0.25, 0.3) is 5.78 Å². The van der Waals surface area contributed by atoms with E-state index in [9.17, 15) is 4.79 Å². The number of likely N-dealkylation sites (tertiary alicyclic amines) is 1. The Kier molecular flexibility index (Phi) is 3.60. The fraction of sp³-hybridized carbons (Fsp3) is 0.500. The largest absolute Gasteiger partial charge is 0.382 e. The summed E-state index contributed by atoms with van der Waals surface area (Å²) < 4.78 is 7.11. The molecule has 112 valence electrons. The number of imidazole rings is 1. The van der Waals surface area contributed by atoms with Gasteiger partial charge in [0.25, 0.3) is 0 Å². The van der Waals surface area contributed by atoms with Crippen molar-refractivity contribution in [2.45, 2.75) is 24.9 Å². The summed E-state index contributed by atoms with van der Waals surface area (Å²) in [5.41, 5.74) is 5.79. The van der Waals surface area contributed by atoms with Gasteiger partial charge in [0.15, 0.2) is 0 Å². The minimum absolute atomic E-state index is 0.313. The average molecular weight is 289 g/mol. The molecule has 0 aliphatic carbocycles. The summed E-state index contributed by atoms with van der Waals surface area (Å²) in [5.74, 6) is 0.326. The molecule has 0 radical (unpaired) electrons. The number of primary amides is 1. The number of aromatic nitrogens is 3. The van der Waals surface area contributed by atoms with Gasteiger partial charge in [-0.2, -0.15) is 0 Å². The van der Waals surface area contributed by atoms with Crippen LogP contribution in [0.2, 0.25) is 0 Å². The van der Waals surface area contributed by atoms with Crippen molar-refractivity contribution in [3.8, 4) is 0 Å². The molecule has 0 saturated carbocycles. The van der Waals surface area contributed by atoms with Crippen molar-refractivity contribution < 1.29 is 9.53 Å². The van der Waals surface area contributed by atoms with Crippen LogP contribution in [0.15, 0.2) is 24.7 Å². The topological polar surface area (TPSA) is 85.8 Å². The normalized spacial score (nSPS) is 22.9. The van der Waals surface area contributed by atoms with E-state index in [1.807, 2.05) is 22.9 Å². The Labute approximate surface area is 122 Å². The molecule has 1 fully saturated rings. The SMILES string of the molecule is COCC1(C(N)=O)CCCN1Cc1cn2cccnc2n1. The van der Waals surface area contributed by atoms with Gasteiger partial charge >= 0.3 is 0 Å². The zero-order chi connectivity index (χ0) is 14.9. The van der Waals surface area contributed by atoms with Crippen LogP contribution in [0.1, 0.15) is 18.5 Å². The van der Waals surface area contributed by atoms with Crippen molar-refractivity contribution in [3.63, 3.8) is 0 Å². The van der Waals surface area contributed by atoms with Crippen LogP contribution >= 0.6 is 0 Å². The predicted octanol–water partition coefficient (Wildman–Crippen LogP) is 0.196. The van der Waals surface area contributed by atoms with Crippen LogP contribution in [0.3, 0.4) is 0 Å². The monoisotopic (exact) mass is 289 g/mol. The maximum Gasteiger partial charge on any atom is 0.240 e. The summed E-state index contributed by atoms with van der Waals surface area (Å²) >= 11 is 0. The minimum atomic E-state index is -0.724. The summed E-state index contributed by atoms with van der Waals surface area (Å²) in [6.07, 6.45) is 7.19. The molecule has 1 aliphatic rings. The van der Waals surface area contributed by atoms with Gasteiger partial charge in [0.2, 0.25) is 11.7 Å². The van der Waals surface area contributed by atoms with E-state index in [1.165, 1.54) is 0 Å². The highest BCUT2D eigenvalue weighted by Gasteiger charge is 2.46. The first-order valence-electron chi connectivity index (χ1n) is 6.98. The second-order valence-corrected chi connectivity index (χ2v) is 5.41. The molecule has 1 aliphatic heterocycles. The number of nitrogens with zero attached hydrogens (tertiary/aromatic N) is 4. The number of carbonyl (C=O) groups excluding carboxylic acids is 1. The van der Waals surface area contributed by atoms with Crippen molar-refractivity contribution in [3.05, 3.63) is 30.4 Å². The van der Waals surface area contributed by atoms with E-state index in [0.29, 0.717) is 18.9 Å². The molecule has 2 aromatic rings. The molecule has 1 amide bonds. The van der Waals surface area contributed by atoms with Gasteiger partial charge < -0.3 is 10.5 Å². The third-order valence-electron chi connectivity index (χ3n) is 4.10. The van der Waals surface area contributed by atoms with E-state index < -0.39 is 5.54 Å². The minimum Gasteiger partial charge on any atom is -0.382 e. The molecule has 21 heavy (non-hydrogen) atoms.